The van der Waals surface area contributed by atoms with Crippen LogP contribution < -0.4 is 11.5 Å². The minimum atomic E-state index is -3.74. The van der Waals surface area contributed by atoms with E-state index in [4.69, 9.17) is 11.5 Å². The summed E-state index contributed by atoms with van der Waals surface area (Å²) in [5.41, 5.74) is 11.0. The first-order valence-electron chi connectivity index (χ1n) is 5.75. The zero-order valence-electron chi connectivity index (χ0n) is 11.7. The number of hydrogen-bond donors (Lipinski definition) is 2. The summed E-state index contributed by atoms with van der Waals surface area (Å²) in [5, 5.41) is 0. The van der Waals surface area contributed by atoms with E-state index in [2.05, 4.69) is 9.13 Å². The number of carbonyl (C=O) groups is 1. The molecule has 0 aliphatic heterocycles. The van der Waals surface area contributed by atoms with Crippen molar-refractivity contribution in [3.63, 3.8) is 0 Å². The summed E-state index contributed by atoms with van der Waals surface area (Å²) in [6.07, 6.45) is 0. The van der Waals surface area contributed by atoms with Crippen LogP contribution in [0.3, 0.4) is 0 Å². The molecule has 1 aromatic rings. The predicted molar refractivity (Wildman–Crippen MR) is 76.5 cm³/mol. The number of aryl methyl sites for hydroxylation is 1. The number of sulfonamides is 1. The Hall–Kier alpha value is -2.09. The molecule has 0 amide bonds. The predicted octanol–water partition coefficient (Wildman–Crippen LogP) is 0.527. The molecule has 0 bridgehead atoms. The van der Waals surface area contributed by atoms with Gasteiger partial charge >= 0.3 is 5.97 Å². The summed E-state index contributed by atoms with van der Waals surface area (Å²) < 4.78 is 30.4. The Morgan fingerprint density at radius 1 is 1.25 bits per heavy atom. The summed E-state index contributed by atoms with van der Waals surface area (Å²) in [6.45, 7) is 5.51. The van der Waals surface area contributed by atoms with Crippen LogP contribution in [0.15, 0.2) is 33.6 Å². The number of guanidine groups is 1. The third-order valence-electron chi connectivity index (χ3n) is 1.89. The van der Waals surface area contributed by atoms with Gasteiger partial charge in [-0.3, -0.25) is 4.79 Å². The molecule has 0 heterocycles. The highest BCUT2D eigenvalue weighted by Gasteiger charge is 2.11. The van der Waals surface area contributed by atoms with Crippen molar-refractivity contribution < 1.29 is 17.9 Å². The number of esters is 1. The highest BCUT2D eigenvalue weighted by Crippen LogP contribution is 2.12. The minimum absolute atomic E-state index is 0.0801. The van der Waals surface area contributed by atoms with Gasteiger partial charge in [0.25, 0.3) is 10.0 Å². The second-order valence-electron chi connectivity index (χ2n) is 3.73. The van der Waals surface area contributed by atoms with E-state index in [0.29, 0.717) is 6.61 Å². The molecule has 0 saturated carbocycles. The summed E-state index contributed by atoms with van der Waals surface area (Å²) in [5.74, 6) is -0.678. The Balaban J connectivity index is 0.000000511. The van der Waals surface area contributed by atoms with E-state index in [-0.39, 0.29) is 10.9 Å². The maximum absolute atomic E-state index is 11.4. The molecule has 0 fully saturated rings. The van der Waals surface area contributed by atoms with Crippen molar-refractivity contribution in [2.75, 3.05) is 6.61 Å². The van der Waals surface area contributed by atoms with Crippen molar-refractivity contribution in [2.45, 2.75) is 25.7 Å². The second kappa shape index (κ2) is 8.16. The Labute approximate surface area is 118 Å². The topological polar surface area (TPSA) is 125 Å². The van der Waals surface area contributed by atoms with Crippen LogP contribution in [0.2, 0.25) is 0 Å². The zero-order chi connectivity index (χ0) is 15.8. The van der Waals surface area contributed by atoms with Crippen LogP contribution in [-0.2, 0) is 19.6 Å². The van der Waals surface area contributed by atoms with Crippen molar-refractivity contribution in [1.82, 2.24) is 0 Å². The average molecular weight is 301 g/mol. The van der Waals surface area contributed by atoms with Gasteiger partial charge in [-0.15, -0.1) is 4.40 Å². The summed E-state index contributed by atoms with van der Waals surface area (Å²) in [4.78, 5) is 9.90. The van der Waals surface area contributed by atoms with E-state index in [9.17, 15) is 13.2 Å². The lowest BCUT2D eigenvalue weighted by molar-refractivity contribution is -0.140. The maximum atomic E-state index is 11.4. The summed E-state index contributed by atoms with van der Waals surface area (Å²) >= 11 is 0. The van der Waals surface area contributed by atoms with Crippen LogP contribution >= 0.6 is 0 Å². The average Bonchev–Trinajstić information content (AvgIpc) is 2.28. The number of hydrogen-bond acceptors (Lipinski definition) is 4. The quantitative estimate of drug-likeness (QED) is 0.476. The van der Waals surface area contributed by atoms with Gasteiger partial charge in [-0.2, -0.15) is 8.42 Å². The van der Waals surface area contributed by atoms with E-state index in [0.717, 1.165) is 5.56 Å². The molecule has 20 heavy (non-hydrogen) atoms. The summed E-state index contributed by atoms with van der Waals surface area (Å²) in [7, 11) is -3.74. The van der Waals surface area contributed by atoms with Crippen LogP contribution in [0.25, 0.3) is 0 Å². The molecule has 0 aliphatic rings. The number of carbonyl (C=O) groups excluding carboxylic acids is 1. The molecule has 1 aromatic carbocycles. The van der Waals surface area contributed by atoms with Crippen molar-refractivity contribution >= 4 is 22.0 Å². The molecule has 112 valence electrons. The van der Waals surface area contributed by atoms with E-state index >= 15 is 0 Å². The van der Waals surface area contributed by atoms with Crippen LogP contribution in [0, 0.1) is 6.92 Å². The van der Waals surface area contributed by atoms with Crippen molar-refractivity contribution in [3.8, 4) is 0 Å². The fraction of sp³-hybridized carbons (Fsp3) is 0.333. The van der Waals surface area contributed by atoms with Gasteiger partial charge in [-0.05, 0) is 26.0 Å². The maximum Gasteiger partial charge on any atom is 0.302 e. The standard InChI is InChI=1S/C8H11N3O2S.C4H8O2/c1-6-2-4-7(5-3-6)14(12,13)11-8(9)10;1-3-6-4(2)5/h2-5H,1H3,(H4,9,10,11);3H2,1-2H3. The molecule has 0 aromatic heterocycles. The monoisotopic (exact) mass is 301 g/mol. The number of rotatable bonds is 3. The first-order chi connectivity index (χ1) is 9.19. The van der Waals surface area contributed by atoms with E-state index < -0.39 is 16.0 Å². The number of benzene rings is 1. The lowest BCUT2D eigenvalue weighted by atomic mass is 10.2. The Morgan fingerprint density at radius 3 is 2.05 bits per heavy atom. The van der Waals surface area contributed by atoms with Gasteiger partial charge in [0.2, 0.25) is 5.96 Å². The lowest BCUT2D eigenvalue weighted by Gasteiger charge is -1.99. The number of nitrogens with zero attached hydrogens (tertiary/aromatic N) is 1. The van der Waals surface area contributed by atoms with Gasteiger partial charge in [0, 0.05) is 6.92 Å². The molecule has 7 nitrogen and oxygen atoms in total. The van der Waals surface area contributed by atoms with Crippen molar-refractivity contribution in [3.05, 3.63) is 29.8 Å². The third kappa shape index (κ3) is 7.37. The fourth-order valence-electron chi connectivity index (χ4n) is 1.10. The number of ether oxygens (including phenoxy) is 1. The van der Waals surface area contributed by atoms with Gasteiger partial charge in [-0.1, -0.05) is 17.7 Å². The fourth-order valence-corrected chi connectivity index (χ4v) is 1.97. The van der Waals surface area contributed by atoms with Crippen LogP contribution in [0.4, 0.5) is 0 Å². The molecule has 0 spiro atoms. The van der Waals surface area contributed by atoms with Crippen LogP contribution in [-0.4, -0.2) is 27.0 Å². The van der Waals surface area contributed by atoms with Crippen LogP contribution in [0.1, 0.15) is 19.4 Å². The smallest absolute Gasteiger partial charge is 0.302 e. The van der Waals surface area contributed by atoms with Gasteiger partial charge in [0.15, 0.2) is 0 Å². The Morgan fingerprint density at radius 2 is 1.75 bits per heavy atom. The first kappa shape index (κ1) is 17.9. The van der Waals surface area contributed by atoms with Crippen molar-refractivity contribution in [1.29, 1.82) is 0 Å². The van der Waals surface area contributed by atoms with Gasteiger partial charge in [0.1, 0.15) is 0 Å². The van der Waals surface area contributed by atoms with E-state index in [1.807, 2.05) is 6.92 Å². The molecular formula is C12H19N3O4S. The van der Waals surface area contributed by atoms with Gasteiger partial charge in [-0.25, -0.2) is 0 Å². The highest BCUT2D eigenvalue weighted by atomic mass is 32.2. The van der Waals surface area contributed by atoms with Crippen LogP contribution in [0.5, 0.6) is 0 Å². The zero-order valence-corrected chi connectivity index (χ0v) is 12.5. The molecule has 0 aliphatic carbocycles. The number of nitrogens with two attached hydrogens (primary N) is 2. The van der Waals surface area contributed by atoms with E-state index in [1.165, 1.54) is 19.1 Å². The molecular weight excluding hydrogens is 282 g/mol. The molecule has 1 rings (SSSR count). The Kier molecular flexibility index (Phi) is 7.30. The van der Waals surface area contributed by atoms with Crippen molar-refractivity contribution in [2.24, 2.45) is 15.9 Å². The highest BCUT2D eigenvalue weighted by molar-refractivity contribution is 7.90. The molecule has 0 saturated heterocycles. The molecule has 4 N–H and O–H groups in total. The van der Waals surface area contributed by atoms with Gasteiger partial charge in [0.05, 0.1) is 11.5 Å². The minimum Gasteiger partial charge on any atom is -0.466 e. The Bertz CT molecular complexity index is 561. The first-order valence-corrected chi connectivity index (χ1v) is 7.19. The summed E-state index contributed by atoms with van der Waals surface area (Å²) in [6, 6.07) is 6.26. The lowest BCUT2D eigenvalue weighted by Crippen LogP contribution is -2.24. The normalized spacial score (nSPS) is 9.95. The van der Waals surface area contributed by atoms with Gasteiger partial charge < -0.3 is 16.2 Å². The molecule has 0 radical (unpaired) electrons. The largest absolute Gasteiger partial charge is 0.466 e. The second-order valence-corrected chi connectivity index (χ2v) is 5.33. The molecule has 0 atom stereocenters. The molecule has 8 heteroatoms. The SMILES string of the molecule is CCOC(C)=O.Cc1ccc(S(=O)(=O)N=C(N)N)cc1. The third-order valence-corrected chi connectivity index (χ3v) is 3.21. The van der Waals surface area contributed by atoms with E-state index in [1.54, 1.807) is 19.1 Å². The molecule has 0 unspecified atom stereocenters.